The van der Waals surface area contributed by atoms with Crippen LogP contribution in [0.1, 0.15) is 18.9 Å². The van der Waals surface area contributed by atoms with E-state index < -0.39 is 5.97 Å². The van der Waals surface area contributed by atoms with E-state index in [-0.39, 0.29) is 0 Å². The first kappa shape index (κ1) is 15.3. The average Bonchev–Trinajstić information content (AvgIpc) is 2.38. The van der Waals surface area contributed by atoms with Crippen molar-refractivity contribution in [2.75, 3.05) is 18.0 Å². The Bertz CT molecular complexity index is 521. The van der Waals surface area contributed by atoms with Crippen LogP contribution in [-0.4, -0.2) is 24.2 Å². The van der Waals surface area contributed by atoms with Gasteiger partial charge in [0.1, 0.15) is 0 Å². The second kappa shape index (κ2) is 7.59. The van der Waals surface area contributed by atoms with Crippen molar-refractivity contribution in [3.63, 3.8) is 0 Å². The van der Waals surface area contributed by atoms with Gasteiger partial charge in [-0.1, -0.05) is 22.0 Å². The van der Waals surface area contributed by atoms with Gasteiger partial charge in [-0.2, -0.15) is 5.26 Å². The summed E-state index contributed by atoms with van der Waals surface area (Å²) in [5, 5.41) is 17.2. The quantitative estimate of drug-likeness (QED) is 0.816. The Morgan fingerprint density at radius 1 is 1.58 bits per heavy atom. The number of rotatable bonds is 6. The summed E-state index contributed by atoms with van der Waals surface area (Å²) in [5.41, 5.74) is 1.82. The fourth-order valence-corrected chi connectivity index (χ4v) is 2.16. The lowest BCUT2D eigenvalue weighted by molar-refractivity contribution is -0.131. The van der Waals surface area contributed by atoms with Crippen molar-refractivity contribution in [2.24, 2.45) is 0 Å². The predicted molar refractivity (Wildman–Crippen MR) is 78.9 cm³/mol. The highest BCUT2D eigenvalue weighted by atomic mass is 79.9. The normalized spacial score (nSPS) is 10.4. The Kier molecular flexibility index (Phi) is 6.10. The highest BCUT2D eigenvalue weighted by Crippen LogP contribution is 2.25. The number of anilines is 1. The van der Waals surface area contributed by atoms with E-state index >= 15 is 0 Å². The van der Waals surface area contributed by atoms with Gasteiger partial charge < -0.3 is 10.0 Å². The zero-order chi connectivity index (χ0) is 14.3. The molecule has 0 saturated carbocycles. The molecule has 1 aromatic carbocycles. The molecule has 5 heteroatoms. The molecule has 1 N–H and O–H groups in total. The minimum Gasteiger partial charge on any atom is -0.478 e. The van der Waals surface area contributed by atoms with Crippen LogP contribution in [-0.2, 0) is 4.79 Å². The van der Waals surface area contributed by atoms with Crippen LogP contribution in [0.25, 0.3) is 6.08 Å². The molecule has 0 radical (unpaired) electrons. The Labute approximate surface area is 121 Å². The van der Waals surface area contributed by atoms with E-state index in [1.54, 1.807) is 6.08 Å². The fraction of sp³-hybridized carbons (Fsp3) is 0.286. The van der Waals surface area contributed by atoms with Crippen LogP contribution in [0.15, 0.2) is 28.7 Å². The molecule has 19 heavy (non-hydrogen) atoms. The lowest BCUT2D eigenvalue weighted by Gasteiger charge is -2.22. The van der Waals surface area contributed by atoms with Gasteiger partial charge in [0, 0.05) is 29.3 Å². The molecule has 0 heterocycles. The monoisotopic (exact) mass is 322 g/mol. The van der Waals surface area contributed by atoms with Gasteiger partial charge in [-0.05, 0) is 30.7 Å². The number of nitrogens with zero attached hydrogens (tertiary/aromatic N) is 2. The number of carboxylic acid groups (broad SMARTS) is 1. The van der Waals surface area contributed by atoms with E-state index in [0.29, 0.717) is 13.0 Å². The number of nitriles is 1. The highest BCUT2D eigenvalue weighted by molar-refractivity contribution is 9.10. The molecule has 0 unspecified atom stereocenters. The van der Waals surface area contributed by atoms with Crippen molar-refractivity contribution in [2.45, 2.75) is 13.3 Å². The van der Waals surface area contributed by atoms with E-state index in [0.717, 1.165) is 28.3 Å². The standard InChI is InChI=1S/C14H15BrN2O2/c1-2-17(9-3-8-16)12-6-4-11(13(15)10-12)5-7-14(18)19/h4-7,10H,2-3,9H2,1H3,(H,18,19)/b7-5+. The maximum absolute atomic E-state index is 10.5. The van der Waals surface area contributed by atoms with Crippen molar-refractivity contribution in [1.82, 2.24) is 0 Å². The number of carbonyl (C=O) groups is 1. The van der Waals surface area contributed by atoms with Gasteiger partial charge in [-0.25, -0.2) is 4.79 Å². The smallest absolute Gasteiger partial charge is 0.328 e. The Hall–Kier alpha value is -1.80. The SMILES string of the molecule is CCN(CCC#N)c1ccc(/C=C/C(=O)O)c(Br)c1. The molecule has 100 valence electrons. The number of hydrogen-bond donors (Lipinski definition) is 1. The molecule has 0 spiro atoms. The summed E-state index contributed by atoms with van der Waals surface area (Å²) in [6, 6.07) is 7.84. The number of aliphatic carboxylic acids is 1. The van der Waals surface area contributed by atoms with Crippen LogP contribution < -0.4 is 4.90 Å². The maximum atomic E-state index is 10.5. The molecule has 0 aromatic heterocycles. The molecule has 0 saturated heterocycles. The zero-order valence-electron chi connectivity index (χ0n) is 10.6. The van der Waals surface area contributed by atoms with Gasteiger partial charge in [0.15, 0.2) is 0 Å². The summed E-state index contributed by atoms with van der Waals surface area (Å²) in [4.78, 5) is 12.6. The number of hydrogen-bond acceptors (Lipinski definition) is 3. The van der Waals surface area contributed by atoms with Crippen LogP contribution in [0.4, 0.5) is 5.69 Å². The first-order chi connectivity index (χ1) is 9.08. The molecule has 1 aromatic rings. The molecular weight excluding hydrogens is 308 g/mol. The van der Waals surface area contributed by atoms with Gasteiger partial charge in [0.2, 0.25) is 0 Å². The lowest BCUT2D eigenvalue weighted by Crippen LogP contribution is -2.23. The lowest BCUT2D eigenvalue weighted by atomic mass is 10.1. The van der Waals surface area contributed by atoms with Crippen LogP contribution in [0.2, 0.25) is 0 Å². The Balaban J connectivity index is 2.92. The maximum Gasteiger partial charge on any atom is 0.328 e. The summed E-state index contributed by atoms with van der Waals surface area (Å²) < 4.78 is 0.831. The first-order valence-electron chi connectivity index (χ1n) is 5.91. The largest absolute Gasteiger partial charge is 0.478 e. The molecule has 0 aliphatic rings. The van der Waals surface area contributed by atoms with E-state index in [1.807, 2.05) is 25.1 Å². The number of halogens is 1. The third-order valence-corrected chi connectivity index (χ3v) is 3.32. The van der Waals surface area contributed by atoms with Gasteiger partial charge in [0.25, 0.3) is 0 Å². The van der Waals surface area contributed by atoms with E-state index in [9.17, 15) is 4.79 Å². The Morgan fingerprint density at radius 3 is 2.84 bits per heavy atom. The van der Waals surface area contributed by atoms with E-state index in [1.165, 1.54) is 0 Å². The van der Waals surface area contributed by atoms with Crippen molar-refractivity contribution >= 4 is 33.7 Å². The van der Waals surface area contributed by atoms with Crippen LogP contribution in [0, 0.1) is 11.3 Å². The third-order valence-electron chi connectivity index (χ3n) is 2.63. The minimum absolute atomic E-state index is 0.478. The van der Waals surface area contributed by atoms with Gasteiger partial charge in [-0.15, -0.1) is 0 Å². The van der Waals surface area contributed by atoms with Crippen molar-refractivity contribution in [3.05, 3.63) is 34.3 Å². The molecular formula is C14H15BrN2O2. The molecule has 0 aliphatic carbocycles. The summed E-state index contributed by atoms with van der Waals surface area (Å²) in [7, 11) is 0. The fourth-order valence-electron chi connectivity index (χ4n) is 1.66. The van der Waals surface area contributed by atoms with Crippen molar-refractivity contribution < 1.29 is 9.90 Å². The van der Waals surface area contributed by atoms with Gasteiger partial charge in [0.05, 0.1) is 12.5 Å². The van der Waals surface area contributed by atoms with Gasteiger partial charge in [-0.3, -0.25) is 0 Å². The van der Waals surface area contributed by atoms with Crippen LogP contribution in [0.5, 0.6) is 0 Å². The molecule has 0 aliphatic heterocycles. The summed E-state index contributed by atoms with van der Waals surface area (Å²) in [6.07, 6.45) is 3.13. The molecule has 0 amide bonds. The highest BCUT2D eigenvalue weighted by Gasteiger charge is 2.06. The number of carboxylic acids is 1. The summed E-state index contributed by atoms with van der Waals surface area (Å²) in [5.74, 6) is -0.972. The molecule has 0 atom stereocenters. The zero-order valence-corrected chi connectivity index (χ0v) is 12.2. The van der Waals surface area contributed by atoms with E-state index in [4.69, 9.17) is 10.4 Å². The molecule has 4 nitrogen and oxygen atoms in total. The second-order valence-corrected chi connectivity index (χ2v) is 4.72. The van der Waals surface area contributed by atoms with Gasteiger partial charge >= 0.3 is 5.97 Å². The van der Waals surface area contributed by atoms with Crippen LogP contribution >= 0.6 is 15.9 Å². The van der Waals surface area contributed by atoms with Crippen molar-refractivity contribution in [1.29, 1.82) is 5.26 Å². The van der Waals surface area contributed by atoms with Crippen LogP contribution in [0.3, 0.4) is 0 Å². The van der Waals surface area contributed by atoms with E-state index in [2.05, 4.69) is 26.9 Å². The molecule has 0 fully saturated rings. The summed E-state index contributed by atoms with van der Waals surface area (Å²) >= 11 is 3.43. The second-order valence-electron chi connectivity index (χ2n) is 3.87. The topological polar surface area (TPSA) is 64.3 Å². The summed E-state index contributed by atoms with van der Waals surface area (Å²) in [6.45, 7) is 3.53. The predicted octanol–water partition coefficient (Wildman–Crippen LogP) is 3.29. The molecule has 1 rings (SSSR count). The number of benzene rings is 1. The molecule has 0 bridgehead atoms. The Morgan fingerprint density at radius 2 is 2.32 bits per heavy atom. The average molecular weight is 323 g/mol. The minimum atomic E-state index is -0.972. The first-order valence-corrected chi connectivity index (χ1v) is 6.70. The van der Waals surface area contributed by atoms with Crippen molar-refractivity contribution in [3.8, 4) is 6.07 Å². The third kappa shape index (κ3) is 4.76.